The fraction of sp³-hybridized carbons (Fsp3) is 0.333. The molecule has 3 rings (SSSR count). The van der Waals surface area contributed by atoms with Gasteiger partial charge in [-0.05, 0) is 42.0 Å². The number of rotatable bonds is 4. The van der Waals surface area contributed by atoms with Gasteiger partial charge in [-0.15, -0.1) is 0 Å². The van der Waals surface area contributed by atoms with Gasteiger partial charge in [0.05, 0.1) is 6.04 Å². The second-order valence-electron chi connectivity index (χ2n) is 6.99. The second-order valence-corrected chi connectivity index (χ2v) is 6.99. The van der Waals surface area contributed by atoms with E-state index in [1.165, 1.54) is 12.1 Å². The fourth-order valence-corrected chi connectivity index (χ4v) is 3.11. The summed E-state index contributed by atoms with van der Waals surface area (Å²) >= 11 is 0. The lowest BCUT2D eigenvalue weighted by Crippen LogP contribution is -2.48. The molecule has 0 radical (unpaired) electrons. The van der Waals surface area contributed by atoms with Gasteiger partial charge in [0.2, 0.25) is 5.91 Å². The van der Waals surface area contributed by atoms with E-state index in [-0.39, 0.29) is 29.6 Å². The van der Waals surface area contributed by atoms with E-state index in [0.29, 0.717) is 30.9 Å². The van der Waals surface area contributed by atoms with E-state index < -0.39 is 0 Å². The minimum atomic E-state index is -0.310. The fourth-order valence-electron chi connectivity index (χ4n) is 3.11. The smallest absolute Gasteiger partial charge is 0.254 e. The first-order valence-corrected chi connectivity index (χ1v) is 9.14. The van der Waals surface area contributed by atoms with Gasteiger partial charge in [-0.3, -0.25) is 9.59 Å². The van der Waals surface area contributed by atoms with E-state index >= 15 is 0 Å². The van der Waals surface area contributed by atoms with Gasteiger partial charge in [0.25, 0.3) is 5.91 Å². The average Bonchev–Trinajstić information content (AvgIpc) is 2.68. The van der Waals surface area contributed by atoms with Crippen molar-refractivity contribution in [2.24, 2.45) is 5.92 Å². The maximum atomic E-state index is 13.6. The lowest BCUT2D eigenvalue weighted by atomic mass is 10.0. The predicted octanol–water partition coefficient (Wildman–Crippen LogP) is 3.21. The Hall–Kier alpha value is -2.73. The van der Waals surface area contributed by atoms with Crippen molar-refractivity contribution in [3.8, 4) is 0 Å². The van der Waals surface area contributed by atoms with Crippen LogP contribution >= 0.6 is 0 Å². The van der Waals surface area contributed by atoms with Crippen LogP contribution in [0.2, 0.25) is 0 Å². The molecule has 1 aliphatic heterocycles. The number of amides is 2. The molecule has 5 nitrogen and oxygen atoms in total. The van der Waals surface area contributed by atoms with Crippen LogP contribution < -0.4 is 10.6 Å². The zero-order valence-electron chi connectivity index (χ0n) is 15.5. The van der Waals surface area contributed by atoms with Crippen molar-refractivity contribution in [3.63, 3.8) is 0 Å². The Morgan fingerprint density at radius 3 is 2.59 bits per heavy atom. The number of carbonyl (C=O) groups is 2. The second kappa shape index (κ2) is 8.31. The van der Waals surface area contributed by atoms with Crippen molar-refractivity contribution >= 4 is 17.5 Å². The van der Waals surface area contributed by atoms with Gasteiger partial charge in [0.1, 0.15) is 5.82 Å². The molecule has 1 unspecified atom stereocenters. The molecule has 2 amide bonds. The Kier molecular flexibility index (Phi) is 5.86. The van der Waals surface area contributed by atoms with Gasteiger partial charge < -0.3 is 15.5 Å². The van der Waals surface area contributed by atoms with E-state index in [1.807, 2.05) is 19.9 Å². The summed E-state index contributed by atoms with van der Waals surface area (Å²) in [6, 6.07) is 13.0. The molecule has 2 N–H and O–H groups in total. The molecule has 0 aromatic heterocycles. The zero-order chi connectivity index (χ0) is 19.4. The first-order valence-electron chi connectivity index (χ1n) is 9.14. The van der Waals surface area contributed by atoms with Crippen LogP contribution in [0.25, 0.3) is 0 Å². The molecule has 1 atom stereocenters. The molecule has 1 heterocycles. The monoisotopic (exact) mass is 369 g/mol. The van der Waals surface area contributed by atoms with Crippen molar-refractivity contribution in [3.05, 3.63) is 65.5 Å². The Bertz CT molecular complexity index is 820. The number of hydrogen-bond acceptors (Lipinski definition) is 3. The Morgan fingerprint density at radius 2 is 1.93 bits per heavy atom. The summed E-state index contributed by atoms with van der Waals surface area (Å²) in [4.78, 5) is 26.6. The van der Waals surface area contributed by atoms with Crippen molar-refractivity contribution in [2.75, 3.05) is 25.0 Å². The normalized spacial score (nSPS) is 17.0. The van der Waals surface area contributed by atoms with Crippen molar-refractivity contribution in [1.82, 2.24) is 10.2 Å². The first-order chi connectivity index (χ1) is 13.0. The third kappa shape index (κ3) is 4.52. The SMILES string of the molecule is CC(C)C(=O)Nc1ccc(C(=O)N2CCNCC2c2cccc(F)c2)cc1. The highest BCUT2D eigenvalue weighted by Crippen LogP contribution is 2.25. The maximum absolute atomic E-state index is 13.6. The molecular weight excluding hydrogens is 345 g/mol. The lowest BCUT2D eigenvalue weighted by molar-refractivity contribution is -0.118. The van der Waals surface area contributed by atoms with E-state index in [0.717, 1.165) is 5.56 Å². The molecule has 0 spiro atoms. The highest BCUT2D eigenvalue weighted by Gasteiger charge is 2.28. The van der Waals surface area contributed by atoms with Gasteiger partial charge in [-0.1, -0.05) is 26.0 Å². The molecule has 1 fully saturated rings. The third-order valence-corrected chi connectivity index (χ3v) is 4.66. The van der Waals surface area contributed by atoms with Gasteiger partial charge in [-0.25, -0.2) is 4.39 Å². The summed E-state index contributed by atoms with van der Waals surface area (Å²) in [5.41, 5.74) is 1.98. The Morgan fingerprint density at radius 1 is 1.19 bits per heavy atom. The highest BCUT2D eigenvalue weighted by molar-refractivity contribution is 5.96. The molecule has 2 aromatic rings. The molecule has 142 valence electrons. The molecule has 1 aliphatic rings. The minimum Gasteiger partial charge on any atom is -0.329 e. The van der Waals surface area contributed by atoms with Crippen molar-refractivity contribution in [1.29, 1.82) is 0 Å². The third-order valence-electron chi connectivity index (χ3n) is 4.66. The maximum Gasteiger partial charge on any atom is 0.254 e. The van der Waals surface area contributed by atoms with Gasteiger partial charge in [0.15, 0.2) is 0 Å². The Labute approximate surface area is 158 Å². The predicted molar refractivity (Wildman–Crippen MR) is 103 cm³/mol. The molecule has 6 heteroatoms. The lowest BCUT2D eigenvalue weighted by Gasteiger charge is -2.36. The molecular formula is C21H24FN3O2. The summed E-state index contributed by atoms with van der Waals surface area (Å²) in [6.45, 7) is 5.47. The largest absolute Gasteiger partial charge is 0.329 e. The van der Waals surface area contributed by atoms with Crippen LogP contribution in [-0.4, -0.2) is 36.3 Å². The Balaban J connectivity index is 1.77. The van der Waals surface area contributed by atoms with Crippen LogP contribution in [0, 0.1) is 11.7 Å². The first kappa shape index (κ1) is 19.0. The molecule has 0 saturated carbocycles. The molecule has 2 aromatic carbocycles. The zero-order valence-corrected chi connectivity index (χ0v) is 15.5. The van der Waals surface area contributed by atoms with Crippen LogP contribution in [0.15, 0.2) is 48.5 Å². The highest BCUT2D eigenvalue weighted by atomic mass is 19.1. The standard InChI is InChI=1S/C21H24FN3O2/c1-14(2)20(26)24-18-8-6-15(7-9-18)21(27)25-11-10-23-13-19(25)16-4-3-5-17(22)12-16/h3-9,12,14,19,23H,10-11,13H2,1-2H3,(H,24,26). The summed E-state index contributed by atoms with van der Waals surface area (Å²) in [7, 11) is 0. The van der Waals surface area contributed by atoms with Crippen molar-refractivity contribution < 1.29 is 14.0 Å². The quantitative estimate of drug-likeness (QED) is 0.870. The van der Waals surface area contributed by atoms with Crippen LogP contribution in [0.5, 0.6) is 0 Å². The number of piperazine rings is 1. The molecule has 1 saturated heterocycles. The summed E-state index contributed by atoms with van der Waals surface area (Å²) in [5, 5.41) is 6.08. The summed E-state index contributed by atoms with van der Waals surface area (Å²) < 4.78 is 13.6. The number of nitrogens with one attached hydrogen (secondary N) is 2. The molecule has 27 heavy (non-hydrogen) atoms. The topological polar surface area (TPSA) is 61.4 Å². The number of halogens is 1. The molecule has 0 aliphatic carbocycles. The van der Waals surface area contributed by atoms with E-state index in [9.17, 15) is 14.0 Å². The number of benzene rings is 2. The van der Waals surface area contributed by atoms with E-state index in [1.54, 1.807) is 35.2 Å². The van der Waals surface area contributed by atoms with E-state index in [2.05, 4.69) is 10.6 Å². The molecule has 0 bridgehead atoms. The van der Waals surface area contributed by atoms with E-state index in [4.69, 9.17) is 0 Å². The van der Waals surface area contributed by atoms with Gasteiger partial charge >= 0.3 is 0 Å². The number of anilines is 1. The van der Waals surface area contributed by atoms with Gasteiger partial charge in [-0.2, -0.15) is 0 Å². The average molecular weight is 369 g/mol. The summed E-state index contributed by atoms with van der Waals surface area (Å²) in [5.74, 6) is -0.593. The van der Waals surface area contributed by atoms with Crippen LogP contribution in [0.3, 0.4) is 0 Å². The van der Waals surface area contributed by atoms with Crippen molar-refractivity contribution in [2.45, 2.75) is 19.9 Å². The van der Waals surface area contributed by atoms with Crippen LogP contribution in [0.1, 0.15) is 35.8 Å². The van der Waals surface area contributed by atoms with Gasteiger partial charge in [0, 0.05) is 36.8 Å². The summed E-state index contributed by atoms with van der Waals surface area (Å²) in [6.07, 6.45) is 0. The minimum absolute atomic E-state index is 0.0673. The van der Waals surface area contributed by atoms with Crippen LogP contribution in [0.4, 0.5) is 10.1 Å². The number of hydrogen-bond donors (Lipinski definition) is 2. The number of carbonyl (C=O) groups excluding carboxylic acids is 2. The number of nitrogens with zero attached hydrogens (tertiary/aromatic N) is 1. The van der Waals surface area contributed by atoms with Crippen LogP contribution in [-0.2, 0) is 4.79 Å².